The van der Waals surface area contributed by atoms with Gasteiger partial charge in [0, 0.05) is 36.5 Å². The molecule has 4 aliphatic rings. The van der Waals surface area contributed by atoms with Gasteiger partial charge in [-0.3, -0.25) is 14.3 Å². The van der Waals surface area contributed by atoms with Gasteiger partial charge in [-0.25, -0.2) is 17.2 Å². The first-order valence-electron chi connectivity index (χ1n) is 16.3. The fourth-order valence-electron chi connectivity index (χ4n) is 7.58. The van der Waals surface area contributed by atoms with Crippen LogP contribution >= 0.6 is 0 Å². The molecule has 2 amide bonds. The van der Waals surface area contributed by atoms with Gasteiger partial charge in [0.05, 0.1) is 12.2 Å². The van der Waals surface area contributed by atoms with Crippen molar-refractivity contribution in [3.63, 3.8) is 0 Å². The molecule has 1 aliphatic heterocycles. The Bertz CT molecular complexity index is 1560. The second-order valence-corrected chi connectivity index (χ2v) is 15.5. The van der Waals surface area contributed by atoms with E-state index in [2.05, 4.69) is 15.4 Å². The number of alkyl halides is 1. The standard InChI is InChI=1S/C34H43F2N3O5S/c1-2-45(42,43)39-30(40)18-22-11-14-29(27(17-22)26-9-6-10-28(35)31(26)23-7-5-8-23)44-25-13-12-24(19-25)38-32(41)34(36)20-33(37-21-34)15-3-4-16-33/h6,9-11,14,17,23-25,37H,2-5,7-8,12-13,15-16,18-21H2,1H3,(H,38,41)(H,39,40)/t24-,25-,34-/m1/s1. The summed E-state index contributed by atoms with van der Waals surface area (Å²) in [5.74, 6) is -1.09. The molecule has 1 heterocycles. The number of rotatable bonds is 10. The van der Waals surface area contributed by atoms with Gasteiger partial charge in [-0.05, 0) is 86.3 Å². The van der Waals surface area contributed by atoms with E-state index in [0.29, 0.717) is 47.3 Å². The van der Waals surface area contributed by atoms with E-state index in [9.17, 15) is 18.0 Å². The molecule has 11 heteroatoms. The number of hydrogen-bond donors (Lipinski definition) is 3. The van der Waals surface area contributed by atoms with Crippen LogP contribution < -0.4 is 20.1 Å². The quantitative estimate of drug-likeness (QED) is 0.328. The van der Waals surface area contributed by atoms with Gasteiger partial charge in [-0.15, -0.1) is 0 Å². The molecule has 1 saturated heterocycles. The maximum atomic E-state index is 15.8. The van der Waals surface area contributed by atoms with E-state index in [-0.39, 0.29) is 54.6 Å². The lowest BCUT2D eigenvalue weighted by Gasteiger charge is -2.29. The summed E-state index contributed by atoms with van der Waals surface area (Å²) in [6.45, 7) is 1.50. The summed E-state index contributed by atoms with van der Waals surface area (Å²) in [6.07, 6.45) is 8.34. The van der Waals surface area contributed by atoms with Crippen LogP contribution in [0.5, 0.6) is 5.75 Å². The first kappa shape index (κ1) is 31.9. The lowest BCUT2D eigenvalue weighted by molar-refractivity contribution is -0.132. The Morgan fingerprint density at radius 1 is 1.04 bits per heavy atom. The summed E-state index contributed by atoms with van der Waals surface area (Å²) in [5, 5.41) is 6.26. The number of sulfonamides is 1. The van der Waals surface area contributed by atoms with Gasteiger partial charge in [-0.2, -0.15) is 0 Å². The number of hydrogen-bond acceptors (Lipinski definition) is 6. The number of ether oxygens (including phenoxy) is 1. The Labute approximate surface area is 264 Å². The normalized spacial score (nSPS) is 26.1. The van der Waals surface area contributed by atoms with Crippen molar-refractivity contribution in [3.8, 4) is 16.9 Å². The highest BCUT2D eigenvalue weighted by molar-refractivity contribution is 7.90. The fraction of sp³-hybridized carbons (Fsp3) is 0.588. The Hall–Kier alpha value is -3.05. The van der Waals surface area contributed by atoms with Gasteiger partial charge in [0.1, 0.15) is 17.7 Å². The molecular formula is C34H43F2N3O5S. The van der Waals surface area contributed by atoms with Crippen molar-refractivity contribution in [1.82, 2.24) is 15.4 Å². The smallest absolute Gasteiger partial charge is 0.259 e. The van der Waals surface area contributed by atoms with Gasteiger partial charge >= 0.3 is 0 Å². The van der Waals surface area contributed by atoms with Crippen LogP contribution in [0.1, 0.15) is 94.6 Å². The molecule has 2 aromatic rings. The van der Waals surface area contributed by atoms with E-state index < -0.39 is 27.5 Å². The van der Waals surface area contributed by atoms with Crippen molar-refractivity contribution < 1.29 is 31.5 Å². The molecule has 0 unspecified atom stereocenters. The van der Waals surface area contributed by atoms with Crippen LogP contribution in [0.25, 0.3) is 11.1 Å². The third-order valence-electron chi connectivity index (χ3n) is 10.3. The third kappa shape index (κ3) is 6.89. The van der Waals surface area contributed by atoms with Gasteiger partial charge in [0.25, 0.3) is 5.91 Å². The molecular weight excluding hydrogens is 600 g/mol. The number of benzene rings is 2. The fourth-order valence-corrected chi connectivity index (χ4v) is 8.14. The molecule has 4 fully saturated rings. The van der Waals surface area contributed by atoms with Crippen LogP contribution in [0.2, 0.25) is 0 Å². The molecule has 3 aliphatic carbocycles. The minimum atomic E-state index is -3.70. The lowest BCUT2D eigenvalue weighted by Crippen LogP contribution is -2.48. The number of halogens is 2. The van der Waals surface area contributed by atoms with Crippen LogP contribution in [0.15, 0.2) is 36.4 Å². The minimum Gasteiger partial charge on any atom is -0.490 e. The van der Waals surface area contributed by atoms with Gasteiger partial charge in [0.2, 0.25) is 21.6 Å². The highest BCUT2D eigenvalue weighted by Crippen LogP contribution is 2.46. The SMILES string of the molecule is CCS(=O)(=O)NC(=O)Cc1ccc(O[C@@H]2CC[C@@H](NC(=O)[C@]3(F)CNC4(CCCC4)C3)C2)c(-c2cccc(F)c2C2CCC2)c1. The van der Waals surface area contributed by atoms with Crippen LogP contribution in [0, 0.1) is 5.82 Å². The second-order valence-electron chi connectivity index (χ2n) is 13.5. The maximum absolute atomic E-state index is 15.8. The van der Waals surface area contributed by atoms with E-state index in [1.165, 1.54) is 13.0 Å². The first-order valence-corrected chi connectivity index (χ1v) is 18.0. The molecule has 0 radical (unpaired) electrons. The molecule has 0 bridgehead atoms. The van der Waals surface area contributed by atoms with E-state index in [4.69, 9.17) is 4.74 Å². The molecule has 0 aromatic heterocycles. The highest BCUT2D eigenvalue weighted by Gasteiger charge is 2.54. The van der Waals surface area contributed by atoms with Crippen molar-refractivity contribution in [1.29, 1.82) is 0 Å². The number of carbonyl (C=O) groups excluding carboxylic acids is 2. The van der Waals surface area contributed by atoms with Crippen molar-refractivity contribution in [3.05, 3.63) is 53.3 Å². The molecule has 2 aromatic carbocycles. The predicted octanol–water partition coefficient (Wildman–Crippen LogP) is 5.20. The molecule has 244 valence electrons. The Morgan fingerprint density at radius 2 is 1.82 bits per heavy atom. The lowest BCUT2D eigenvalue weighted by atomic mass is 9.76. The van der Waals surface area contributed by atoms with Crippen molar-refractivity contribution in [2.75, 3.05) is 12.3 Å². The molecule has 45 heavy (non-hydrogen) atoms. The predicted molar refractivity (Wildman–Crippen MR) is 168 cm³/mol. The zero-order chi connectivity index (χ0) is 31.8. The van der Waals surface area contributed by atoms with E-state index in [1.807, 2.05) is 6.07 Å². The monoisotopic (exact) mass is 643 g/mol. The summed E-state index contributed by atoms with van der Waals surface area (Å²) in [5.41, 5.74) is 0.350. The minimum absolute atomic E-state index is 0.0422. The summed E-state index contributed by atoms with van der Waals surface area (Å²) < 4.78 is 63.5. The zero-order valence-corrected chi connectivity index (χ0v) is 26.6. The topological polar surface area (TPSA) is 114 Å². The van der Waals surface area contributed by atoms with Gasteiger partial charge in [0.15, 0.2) is 0 Å². The van der Waals surface area contributed by atoms with Crippen LogP contribution in [0.4, 0.5) is 8.78 Å². The van der Waals surface area contributed by atoms with Crippen molar-refractivity contribution in [2.45, 2.75) is 113 Å². The molecule has 1 spiro atoms. The summed E-state index contributed by atoms with van der Waals surface area (Å²) in [7, 11) is -3.70. The average Bonchev–Trinajstić information content (AvgIpc) is 3.70. The summed E-state index contributed by atoms with van der Waals surface area (Å²) in [6, 6.07) is 9.99. The number of nitrogens with one attached hydrogen (secondary N) is 3. The number of amides is 2. The average molecular weight is 644 g/mol. The third-order valence-corrected chi connectivity index (χ3v) is 11.6. The molecule has 6 rings (SSSR count). The Balaban J connectivity index is 1.19. The van der Waals surface area contributed by atoms with Crippen molar-refractivity contribution >= 4 is 21.8 Å². The van der Waals surface area contributed by atoms with E-state index >= 15 is 8.78 Å². The Morgan fingerprint density at radius 3 is 2.53 bits per heavy atom. The van der Waals surface area contributed by atoms with Crippen LogP contribution in [-0.2, 0) is 26.0 Å². The van der Waals surface area contributed by atoms with Gasteiger partial charge in [-0.1, -0.05) is 37.5 Å². The van der Waals surface area contributed by atoms with Crippen molar-refractivity contribution in [2.24, 2.45) is 0 Å². The van der Waals surface area contributed by atoms with E-state index in [0.717, 1.165) is 44.9 Å². The van der Waals surface area contributed by atoms with Gasteiger partial charge < -0.3 is 15.4 Å². The summed E-state index contributed by atoms with van der Waals surface area (Å²) >= 11 is 0. The number of carbonyl (C=O) groups is 2. The first-order chi connectivity index (χ1) is 21.5. The molecule has 8 nitrogen and oxygen atoms in total. The largest absolute Gasteiger partial charge is 0.490 e. The molecule has 3 N–H and O–H groups in total. The molecule has 3 atom stereocenters. The van der Waals surface area contributed by atoms with E-state index in [1.54, 1.807) is 24.3 Å². The Kier molecular flexibility index (Phi) is 8.95. The van der Waals surface area contributed by atoms with Crippen LogP contribution in [-0.4, -0.2) is 55.9 Å². The second kappa shape index (κ2) is 12.6. The molecule has 3 saturated carbocycles. The zero-order valence-electron chi connectivity index (χ0n) is 25.8. The van der Waals surface area contributed by atoms with Crippen LogP contribution in [0.3, 0.4) is 0 Å². The maximum Gasteiger partial charge on any atom is 0.259 e. The highest BCUT2D eigenvalue weighted by atomic mass is 32.2. The summed E-state index contributed by atoms with van der Waals surface area (Å²) in [4.78, 5) is 25.6.